The summed E-state index contributed by atoms with van der Waals surface area (Å²) < 4.78 is 13.9. The minimum Gasteiger partial charge on any atom is -0.316 e. The summed E-state index contributed by atoms with van der Waals surface area (Å²) in [4.78, 5) is 0. The standard InChI is InChI=1S/C10H11BrFN/c11-10-2-1-9(12)4-8(10)3-7-5-13-6-7/h1-2,4,7,13H,3,5-6H2. The predicted octanol–water partition coefficient (Wildman–Crippen LogP) is 2.35. The van der Waals surface area contributed by atoms with E-state index in [2.05, 4.69) is 21.2 Å². The van der Waals surface area contributed by atoms with Gasteiger partial charge in [0.1, 0.15) is 5.82 Å². The van der Waals surface area contributed by atoms with Crippen LogP contribution in [0, 0.1) is 11.7 Å². The molecule has 1 aromatic rings. The molecule has 0 aliphatic carbocycles. The molecule has 2 rings (SSSR count). The fraction of sp³-hybridized carbons (Fsp3) is 0.400. The lowest BCUT2D eigenvalue weighted by Gasteiger charge is -2.27. The molecule has 0 bridgehead atoms. The Bertz CT molecular complexity index is 310. The third kappa shape index (κ3) is 2.09. The fourth-order valence-electron chi connectivity index (χ4n) is 1.50. The van der Waals surface area contributed by atoms with Crippen LogP contribution in [0.2, 0.25) is 0 Å². The van der Waals surface area contributed by atoms with Crippen molar-refractivity contribution >= 4 is 15.9 Å². The van der Waals surface area contributed by atoms with E-state index >= 15 is 0 Å². The molecule has 1 heterocycles. The molecule has 0 atom stereocenters. The normalized spacial score (nSPS) is 17.1. The SMILES string of the molecule is Fc1ccc(Br)c(CC2CNC2)c1. The molecule has 0 spiro atoms. The van der Waals surface area contributed by atoms with Crippen LogP contribution in [0.15, 0.2) is 22.7 Å². The zero-order valence-corrected chi connectivity index (χ0v) is 8.77. The first kappa shape index (κ1) is 9.16. The van der Waals surface area contributed by atoms with Crippen molar-refractivity contribution in [2.24, 2.45) is 5.92 Å². The first-order valence-corrected chi connectivity index (χ1v) is 5.19. The van der Waals surface area contributed by atoms with Crippen LogP contribution in [-0.2, 0) is 6.42 Å². The van der Waals surface area contributed by atoms with Gasteiger partial charge in [0.05, 0.1) is 0 Å². The Labute approximate surface area is 85.5 Å². The van der Waals surface area contributed by atoms with E-state index in [1.165, 1.54) is 6.07 Å². The summed E-state index contributed by atoms with van der Waals surface area (Å²) >= 11 is 3.43. The average Bonchev–Trinajstić information content (AvgIpc) is 2.03. The summed E-state index contributed by atoms with van der Waals surface area (Å²) in [5.74, 6) is 0.531. The van der Waals surface area contributed by atoms with Crippen molar-refractivity contribution in [3.63, 3.8) is 0 Å². The molecule has 1 aliphatic rings. The summed E-state index contributed by atoms with van der Waals surface area (Å²) in [7, 11) is 0. The van der Waals surface area contributed by atoms with E-state index in [1.807, 2.05) is 0 Å². The summed E-state index contributed by atoms with van der Waals surface area (Å²) in [6.45, 7) is 2.12. The molecular formula is C10H11BrFN. The van der Waals surface area contributed by atoms with Gasteiger partial charge in [0.15, 0.2) is 0 Å². The molecule has 0 aromatic heterocycles. The molecule has 1 N–H and O–H groups in total. The minimum atomic E-state index is -0.148. The lowest BCUT2D eigenvalue weighted by molar-refractivity contribution is 0.346. The van der Waals surface area contributed by atoms with Crippen LogP contribution in [0.1, 0.15) is 5.56 Å². The van der Waals surface area contributed by atoms with Gasteiger partial charge in [0.25, 0.3) is 0 Å². The van der Waals surface area contributed by atoms with Gasteiger partial charge in [-0.3, -0.25) is 0 Å². The first-order chi connectivity index (χ1) is 6.25. The van der Waals surface area contributed by atoms with E-state index in [0.717, 1.165) is 29.5 Å². The van der Waals surface area contributed by atoms with Crippen LogP contribution in [0.25, 0.3) is 0 Å². The fourth-order valence-corrected chi connectivity index (χ4v) is 1.91. The van der Waals surface area contributed by atoms with Crippen molar-refractivity contribution in [2.75, 3.05) is 13.1 Å². The smallest absolute Gasteiger partial charge is 0.123 e. The predicted molar refractivity (Wildman–Crippen MR) is 54.2 cm³/mol. The van der Waals surface area contributed by atoms with Crippen LogP contribution in [0.4, 0.5) is 4.39 Å². The van der Waals surface area contributed by atoms with Gasteiger partial charge < -0.3 is 5.32 Å². The van der Waals surface area contributed by atoms with Gasteiger partial charge in [-0.05, 0) is 49.2 Å². The van der Waals surface area contributed by atoms with Gasteiger partial charge in [-0.15, -0.1) is 0 Å². The van der Waals surface area contributed by atoms with Crippen molar-refractivity contribution in [3.05, 3.63) is 34.1 Å². The number of rotatable bonds is 2. The molecule has 1 aliphatic heterocycles. The Kier molecular flexibility index (Phi) is 2.65. The molecule has 0 amide bonds. The van der Waals surface area contributed by atoms with Gasteiger partial charge in [0.2, 0.25) is 0 Å². The van der Waals surface area contributed by atoms with Gasteiger partial charge in [-0.1, -0.05) is 15.9 Å². The van der Waals surface area contributed by atoms with Crippen molar-refractivity contribution in [1.29, 1.82) is 0 Å². The molecule has 0 saturated carbocycles. The lowest BCUT2D eigenvalue weighted by atomic mass is 9.94. The zero-order valence-electron chi connectivity index (χ0n) is 7.19. The van der Waals surface area contributed by atoms with Crippen molar-refractivity contribution in [2.45, 2.75) is 6.42 Å². The maximum absolute atomic E-state index is 12.9. The highest BCUT2D eigenvalue weighted by molar-refractivity contribution is 9.10. The maximum Gasteiger partial charge on any atom is 0.123 e. The highest BCUT2D eigenvalue weighted by Gasteiger charge is 2.18. The Morgan fingerprint density at radius 1 is 1.46 bits per heavy atom. The lowest BCUT2D eigenvalue weighted by Crippen LogP contribution is -2.43. The van der Waals surface area contributed by atoms with E-state index in [1.54, 1.807) is 12.1 Å². The monoisotopic (exact) mass is 243 g/mol. The van der Waals surface area contributed by atoms with E-state index in [4.69, 9.17) is 0 Å². The quantitative estimate of drug-likeness (QED) is 0.842. The largest absolute Gasteiger partial charge is 0.316 e. The second kappa shape index (κ2) is 3.76. The first-order valence-electron chi connectivity index (χ1n) is 4.40. The molecular weight excluding hydrogens is 233 g/mol. The summed E-state index contributed by atoms with van der Waals surface area (Å²) in [5.41, 5.74) is 1.08. The molecule has 13 heavy (non-hydrogen) atoms. The average molecular weight is 244 g/mol. The highest BCUT2D eigenvalue weighted by Crippen LogP contribution is 2.22. The molecule has 70 valence electrons. The molecule has 1 nitrogen and oxygen atoms in total. The van der Waals surface area contributed by atoms with E-state index in [9.17, 15) is 4.39 Å². The van der Waals surface area contributed by atoms with Gasteiger partial charge in [-0.25, -0.2) is 4.39 Å². The molecule has 0 radical (unpaired) electrons. The summed E-state index contributed by atoms with van der Waals surface area (Å²) in [6, 6.07) is 4.87. The molecule has 1 fully saturated rings. The topological polar surface area (TPSA) is 12.0 Å². The van der Waals surface area contributed by atoms with Crippen LogP contribution in [0.3, 0.4) is 0 Å². The third-order valence-corrected chi connectivity index (χ3v) is 3.16. The Morgan fingerprint density at radius 2 is 2.23 bits per heavy atom. The van der Waals surface area contributed by atoms with Gasteiger partial charge in [0, 0.05) is 4.47 Å². The van der Waals surface area contributed by atoms with Crippen molar-refractivity contribution in [1.82, 2.24) is 5.32 Å². The van der Waals surface area contributed by atoms with Crippen LogP contribution in [0.5, 0.6) is 0 Å². The Morgan fingerprint density at radius 3 is 2.85 bits per heavy atom. The van der Waals surface area contributed by atoms with Gasteiger partial charge in [-0.2, -0.15) is 0 Å². The maximum atomic E-state index is 12.9. The van der Waals surface area contributed by atoms with Crippen LogP contribution in [-0.4, -0.2) is 13.1 Å². The Balaban J connectivity index is 2.13. The summed E-state index contributed by atoms with van der Waals surface area (Å²) in [6.07, 6.45) is 0.964. The minimum absolute atomic E-state index is 0.148. The molecule has 3 heteroatoms. The number of hydrogen-bond donors (Lipinski definition) is 1. The van der Waals surface area contributed by atoms with Crippen molar-refractivity contribution < 1.29 is 4.39 Å². The molecule has 1 aromatic carbocycles. The van der Waals surface area contributed by atoms with Gasteiger partial charge >= 0.3 is 0 Å². The third-order valence-electron chi connectivity index (χ3n) is 2.38. The highest BCUT2D eigenvalue weighted by atomic mass is 79.9. The number of hydrogen-bond acceptors (Lipinski definition) is 1. The van der Waals surface area contributed by atoms with Crippen LogP contribution < -0.4 is 5.32 Å². The number of nitrogens with one attached hydrogen (secondary N) is 1. The number of halogens is 2. The van der Waals surface area contributed by atoms with Crippen LogP contribution >= 0.6 is 15.9 Å². The zero-order chi connectivity index (χ0) is 9.26. The van der Waals surface area contributed by atoms with E-state index in [0.29, 0.717) is 5.92 Å². The second-order valence-electron chi connectivity index (χ2n) is 3.46. The summed E-state index contributed by atoms with van der Waals surface area (Å²) in [5, 5.41) is 3.21. The van der Waals surface area contributed by atoms with E-state index < -0.39 is 0 Å². The Hall–Kier alpha value is -0.410. The second-order valence-corrected chi connectivity index (χ2v) is 4.32. The van der Waals surface area contributed by atoms with E-state index in [-0.39, 0.29) is 5.82 Å². The molecule has 0 unspecified atom stereocenters. The number of benzene rings is 1. The van der Waals surface area contributed by atoms with Crippen molar-refractivity contribution in [3.8, 4) is 0 Å². The molecule has 1 saturated heterocycles.